The molecular formula is C10H15N3O4. The summed E-state index contributed by atoms with van der Waals surface area (Å²) >= 11 is 0. The minimum atomic E-state index is -0.459. The van der Waals surface area contributed by atoms with E-state index in [1.807, 2.05) is 0 Å². The SMILES string of the molecule is COC(=O)CC(C)n1nc(C)c([N+](=O)[O-])c1C. The Morgan fingerprint density at radius 1 is 1.59 bits per heavy atom. The Morgan fingerprint density at radius 3 is 2.59 bits per heavy atom. The summed E-state index contributed by atoms with van der Waals surface area (Å²) in [6.07, 6.45) is 0.135. The van der Waals surface area contributed by atoms with Crippen LogP contribution in [0.25, 0.3) is 0 Å². The van der Waals surface area contributed by atoms with Crippen LogP contribution >= 0.6 is 0 Å². The highest BCUT2D eigenvalue weighted by atomic mass is 16.6. The van der Waals surface area contributed by atoms with Crippen LogP contribution in [-0.2, 0) is 9.53 Å². The molecular weight excluding hydrogens is 226 g/mol. The van der Waals surface area contributed by atoms with E-state index in [2.05, 4.69) is 9.84 Å². The number of carbonyl (C=O) groups is 1. The van der Waals surface area contributed by atoms with Gasteiger partial charge in [0.15, 0.2) is 0 Å². The lowest BCUT2D eigenvalue weighted by Gasteiger charge is -2.11. The quantitative estimate of drug-likeness (QED) is 0.453. The molecule has 7 heteroatoms. The van der Waals surface area contributed by atoms with Crippen molar-refractivity contribution in [3.05, 3.63) is 21.5 Å². The molecule has 0 spiro atoms. The van der Waals surface area contributed by atoms with Gasteiger partial charge in [-0.3, -0.25) is 19.6 Å². The van der Waals surface area contributed by atoms with Gasteiger partial charge in [-0.1, -0.05) is 0 Å². The number of ether oxygens (including phenoxy) is 1. The predicted molar refractivity (Wildman–Crippen MR) is 59.7 cm³/mol. The minimum Gasteiger partial charge on any atom is -0.469 e. The Hall–Kier alpha value is -1.92. The first-order valence-corrected chi connectivity index (χ1v) is 5.15. The van der Waals surface area contributed by atoms with E-state index in [4.69, 9.17) is 0 Å². The van der Waals surface area contributed by atoms with Crippen LogP contribution in [0, 0.1) is 24.0 Å². The first-order chi connectivity index (χ1) is 7.88. The van der Waals surface area contributed by atoms with Crippen LogP contribution in [0.15, 0.2) is 0 Å². The van der Waals surface area contributed by atoms with E-state index < -0.39 is 4.92 Å². The maximum Gasteiger partial charge on any atom is 0.312 e. The van der Waals surface area contributed by atoms with E-state index in [9.17, 15) is 14.9 Å². The van der Waals surface area contributed by atoms with Crippen LogP contribution in [0.2, 0.25) is 0 Å². The van der Waals surface area contributed by atoms with Gasteiger partial charge in [0.2, 0.25) is 0 Å². The van der Waals surface area contributed by atoms with Crippen molar-refractivity contribution in [3.8, 4) is 0 Å². The van der Waals surface area contributed by atoms with Crippen LogP contribution in [-0.4, -0.2) is 27.8 Å². The Bertz CT molecular complexity index is 453. The van der Waals surface area contributed by atoms with E-state index >= 15 is 0 Å². The number of carbonyl (C=O) groups excluding carboxylic acids is 1. The number of nitro groups is 1. The summed E-state index contributed by atoms with van der Waals surface area (Å²) in [4.78, 5) is 21.5. The summed E-state index contributed by atoms with van der Waals surface area (Å²) in [6.45, 7) is 4.96. The summed E-state index contributed by atoms with van der Waals surface area (Å²) in [5.74, 6) is -0.368. The lowest BCUT2D eigenvalue weighted by molar-refractivity contribution is -0.386. The minimum absolute atomic E-state index is 0.00159. The highest BCUT2D eigenvalue weighted by molar-refractivity contribution is 5.69. The monoisotopic (exact) mass is 241 g/mol. The second kappa shape index (κ2) is 4.94. The van der Waals surface area contributed by atoms with Gasteiger partial charge >= 0.3 is 11.7 Å². The summed E-state index contributed by atoms with van der Waals surface area (Å²) in [6, 6.07) is -0.269. The summed E-state index contributed by atoms with van der Waals surface area (Å²) in [5.41, 5.74) is 0.801. The lowest BCUT2D eigenvalue weighted by Crippen LogP contribution is -2.14. The van der Waals surface area contributed by atoms with Crippen LogP contribution in [0.3, 0.4) is 0 Å². The molecule has 0 bridgehead atoms. The number of nitrogens with zero attached hydrogens (tertiary/aromatic N) is 3. The molecule has 17 heavy (non-hydrogen) atoms. The third-order valence-corrected chi connectivity index (χ3v) is 2.58. The normalized spacial score (nSPS) is 12.2. The predicted octanol–water partition coefficient (Wildman–Crippen LogP) is 1.53. The fraction of sp³-hybridized carbons (Fsp3) is 0.600. The molecule has 0 aliphatic rings. The van der Waals surface area contributed by atoms with Crippen molar-refractivity contribution in [2.45, 2.75) is 33.2 Å². The molecule has 0 aromatic carbocycles. The van der Waals surface area contributed by atoms with Gasteiger partial charge < -0.3 is 4.74 Å². The van der Waals surface area contributed by atoms with E-state index in [0.717, 1.165) is 0 Å². The molecule has 0 aliphatic heterocycles. The molecule has 94 valence electrons. The number of aryl methyl sites for hydroxylation is 1. The van der Waals surface area contributed by atoms with Gasteiger partial charge in [0, 0.05) is 0 Å². The molecule has 1 aromatic rings. The molecule has 1 atom stereocenters. The molecule has 1 unspecified atom stereocenters. The zero-order chi connectivity index (χ0) is 13.2. The second-order valence-electron chi connectivity index (χ2n) is 3.85. The Balaban J connectivity index is 3.03. The largest absolute Gasteiger partial charge is 0.469 e. The standard InChI is InChI=1S/C10H15N3O4/c1-6(5-9(14)17-4)12-8(3)10(13(15)16)7(2)11-12/h6H,5H2,1-4H3. The summed E-state index contributed by atoms with van der Waals surface area (Å²) in [7, 11) is 1.30. The average Bonchev–Trinajstić information content (AvgIpc) is 2.53. The molecule has 0 saturated heterocycles. The van der Waals surface area contributed by atoms with E-state index in [-0.39, 0.29) is 24.1 Å². The van der Waals surface area contributed by atoms with Gasteiger partial charge in [-0.2, -0.15) is 5.10 Å². The third kappa shape index (κ3) is 2.61. The second-order valence-corrected chi connectivity index (χ2v) is 3.85. The van der Waals surface area contributed by atoms with Crippen molar-refractivity contribution in [2.75, 3.05) is 7.11 Å². The number of rotatable bonds is 4. The molecule has 0 aliphatic carbocycles. The van der Waals surface area contributed by atoms with Crippen molar-refractivity contribution < 1.29 is 14.5 Å². The van der Waals surface area contributed by atoms with Crippen molar-refractivity contribution in [2.24, 2.45) is 0 Å². The number of hydrogen-bond donors (Lipinski definition) is 0. The van der Waals surface area contributed by atoms with E-state index in [1.54, 1.807) is 20.8 Å². The first kappa shape index (κ1) is 13.1. The molecule has 1 aromatic heterocycles. The van der Waals surface area contributed by atoms with Gasteiger partial charge in [0.05, 0.1) is 24.5 Å². The summed E-state index contributed by atoms with van der Waals surface area (Å²) < 4.78 is 6.04. The number of hydrogen-bond acceptors (Lipinski definition) is 5. The topological polar surface area (TPSA) is 87.3 Å². The van der Waals surface area contributed by atoms with Crippen LogP contribution in [0.1, 0.15) is 30.8 Å². The van der Waals surface area contributed by atoms with Crippen LogP contribution < -0.4 is 0 Å². The highest BCUT2D eigenvalue weighted by Gasteiger charge is 2.25. The molecule has 0 amide bonds. The number of aromatic nitrogens is 2. The van der Waals surface area contributed by atoms with Crippen molar-refractivity contribution in [3.63, 3.8) is 0 Å². The van der Waals surface area contributed by atoms with E-state index in [1.165, 1.54) is 11.8 Å². The van der Waals surface area contributed by atoms with Crippen LogP contribution in [0.5, 0.6) is 0 Å². The van der Waals surface area contributed by atoms with Gasteiger partial charge in [-0.05, 0) is 20.8 Å². The van der Waals surface area contributed by atoms with Crippen molar-refractivity contribution in [1.82, 2.24) is 9.78 Å². The fourth-order valence-corrected chi connectivity index (χ4v) is 1.76. The number of methoxy groups -OCH3 is 1. The molecule has 1 rings (SSSR count). The first-order valence-electron chi connectivity index (χ1n) is 5.15. The number of esters is 1. The zero-order valence-corrected chi connectivity index (χ0v) is 10.3. The fourth-order valence-electron chi connectivity index (χ4n) is 1.76. The molecule has 0 saturated carbocycles. The smallest absolute Gasteiger partial charge is 0.312 e. The Kier molecular flexibility index (Phi) is 3.82. The zero-order valence-electron chi connectivity index (χ0n) is 10.3. The van der Waals surface area contributed by atoms with Gasteiger partial charge in [0.1, 0.15) is 11.4 Å². The lowest BCUT2D eigenvalue weighted by atomic mass is 10.2. The van der Waals surface area contributed by atoms with Crippen molar-refractivity contribution >= 4 is 11.7 Å². The van der Waals surface area contributed by atoms with Crippen molar-refractivity contribution in [1.29, 1.82) is 0 Å². The maximum absolute atomic E-state index is 11.1. The van der Waals surface area contributed by atoms with Gasteiger partial charge in [0.25, 0.3) is 0 Å². The molecule has 0 N–H and O–H groups in total. The Morgan fingerprint density at radius 2 is 2.18 bits per heavy atom. The van der Waals surface area contributed by atoms with Gasteiger partial charge in [-0.15, -0.1) is 0 Å². The van der Waals surface area contributed by atoms with E-state index in [0.29, 0.717) is 11.4 Å². The third-order valence-electron chi connectivity index (χ3n) is 2.58. The van der Waals surface area contributed by atoms with Crippen LogP contribution in [0.4, 0.5) is 5.69 Å². The maximum atomic E-state index is 11.1. The molecule has 0 radical (unpaired) electrons. The molecule has 1 heterocycles. The highest BCUT2D eigenvalue weighted by Crippen LogP contribution is 2.25. The van der Waals surface area contributed by atoms with Gasteiger partial charge in [-0.25, -0.2) is 0 Å². The Labute approximate surface area is 98.5 Å². The average molecular weight is 241 g/mol. The molecule has 7 nitrogen and oxygen atoms in total. The summed E-state index contributed by atoms with van der Waals surface area (Å²) in [5, 5.41) is 14.9. The molecule has 0 fully saturated rings.